The first-order valence-corrected chi connectivity index (χ1v) is 21.2. The Morgan fingerprint density at radius 2 is 1.00 bits per heavy atom. The SMILES string of the molecule is CC/C=C\C/C=C\C/C=C\CCCCCCCCC(CCCCCCCC/C=C\C/C=C\CCCCC)OC(=O)C1CCCCC1N(C)C. The number of unbranched alkanes of at least 4 members (excludes halogenated alkanes) is 15. The molecule has 0 aromatic carbocycles. The molecule has 0 radical (unpaired) electrons. The summed E-state index contributed by atoms with van der Waals surface area (Å²) in [7, 11) is 4.25. The van der Waals surface area contributed by atoms with Gasteiger partial charge in [0, 0.05) is 6.04 Å². The van der Waals surface area contributed by atoms with E-state index in [1.807, 2.05) is 0 Å². The molecule has 1 saturated carbocycles. The Bertz CT molecular complexity index is 882. The van der Waals surface area contributed by atoms with Gasteiger partial charge in [-0.05, 0) is 117 Å². The van der Waals surface area contributed by atoms with Gasteiger partial charge in [0.05, 0.1) is 5.92 Å². The van der Waals surface area contributed by atoms with Crippen LogP contribution in [0.1, 0.15) is 194 Å². The molecule has 0 heterocycles. The molecule has 1 fully saturated rings. The van der Waals surface area contributed by atoms with Gasteiger partial charge in [-0.25, -0.2) is 0 Å². The molecule has 49 heavy (non-hydrogen) atoms. The van der Waals surface area contributed by atoms with Crippen LogP contribution in [0, 0.1) is 5.92 Å². The Kier molecular flexibility index (Phi) is 31.9. The van der Waals surface area contributed by atoms with Crippen molar-refractivity contribution < 1.29 is 9.53 Å². The maximum Gasteiger partial charge on any atom is 0.310 e. The monoisotopic (exact) mass is 680 g/mol. The molecule has 3 atom stereocenters. The lowest BCUT2D eigenvalue weighted by molar-refractivity contribution is -0.158. The molecule has 1 aliphatic carbocycles. The highest BCUT2D eigenvalue weighted by molar-refractivity contribution is 5.73. The second-order valence-corrected chi connectivity index (χ2v) is 14.8. The zero-order chi connectivity index (χ0) is 35.5. The molecule has 0 aliphatic heterocycles. The maximum absolute atomic E-state index is 13.4. The largest absolute Gasteiger partial charge is 0.462 e. The number of nitrogens with zero attached hydrogens (tertiary/aromatic N) is 1. The first-order chi connectivity index (χ1) is 24.1. The molecule has 282 valence electrons. The molecule has 0 amide bonds. The third-order valence-electron chi connectivity index (χ3n) is 10.1. The minimum atomic E-state index is 0.0511. The molecule has 0 spiro atoms. The highest BCUT2D eigenvalue weighted by Crippen LogP contribution is 2.29. The van der Waals surface area contributed by atoms with Gasteiger partial charge in [-0.3, -0.25) is 4.79 Å². The van der Waals surface area contributed by atoms with Gasteiger partial charge < -0.3 is 9.64 Å². The lowest BCUT2D eigenvalue weighted by atomic mass is 9.84. The van der Waals surface area contributed by atoms with E-state index in [2.05, 4.69) is 93.6 Å². The third kappa shape index (κ3) is 27.5. The fraction of sp³-hybridized carbons (Fsp3) is 0.761. The lowest BCUT2D eigenvalue weighted by Gasteiger charge is -2.35. The van der Waals surface area contributed by atoms with Crippen molar-refractivity contribution in [1.82, 2.24) is 4.90 Å². The number of allylic oxidation sites excluding steroid dienone is 10. The number of carbonyl (C=O) groups is 1. The summed E-state index contributed by atoms with van der Waals surface area (Å²) < 4.78 is 6.33. The van der Waals surface area contributed by atoms with E-state index in [0.29, 0.717) is 6.04 Å². The number of ether oxygens (including phenoxy) is 1. The topological polar surface area (TPSA) is 29.5 Å². The average Bonchev–Trinajstić information content (AvgIpc) is 3.11. The maximum atomic E-state index is 13.4. The minimum absolute atomic E-state index is 0.0511. The molecule has 0 bridgehead atoms. The molecular weight excluding hydrogens is 599 g/mol. The molecular formula is C46H81NO2. The number of esters is 1. The van der Waals surface area contributed by atoms with Crippen molar-refractivity contribution in [2.45, 2.75) is 206 Å². The average molecular weight is 680 g/mol. The van der Waals surface area contributed by atoms with Crippen LogP contribution in [0.4, 0.5) is 0 Å². The summed E-state index contributed by atoms with van der Waals surface area (Å²) in [5.74, 6) is 0.135. The number of hydrogen-bond donors (Lipinski definition) is 0. The van der Waals surface area contributed by atoms with Crippen molar-refractivity contribution in [3.8, 4) is 0 Å². The van der Waals surface area contributed by atoms with E-state index in [-0.39, 0.29) is 18.0 Å². The van der Waals surface area contributed by atoms with E-state index >= 15 is 0 Å². The van der Waals surface area contributed by atoms with Crippen LogP contribution in [0.15, 0.2) is 60.8 Å². The van der Waals surface area contributed by atoms with Crippen molar-refractivity contribution >= 4 is 5.97 Å². The smallest absolute Gasteiger partial charge is 0.310 e. The summed E-state index contributed by atoms with van der Waals surface area (Å²) in [4.78, 5) is 15.6. The molecule has 0 saturated heterocycles. The summed E-state index contributed by atoms with van der Waals surface area (Å²) in [6, 6.07) is 0.336. The van der Waals surface area contributed by atoms with Crippen LogP contribution in [0.5, 0.6) is 0 Å². The van der Waals surface area contributed by atoms with Gasteiger partial charge in [0.15, 0.2) is 0 Å². The molecule has 0 N–H and O–H groups in total. The molecule has 3 heteroatoms. The number of carbonyl (C=O) groups excluding carboxylic acids is 1. The summed E-state index contributed by atoms with van der Waals surface area (Å²) in [6.07, 6.45) is 57.0. The first-order valence-electron chi connectivity index (χ1n) is 21.2. The van der Waals surface area contributed by atoms with Crippen LogP contribution in [-0.4, -0.2) is 37.1 Å². The summed E-state index contributed by atoms with van der Waals surface area (Å²) in [6.45, 7) is 4.44. The van der Waals surface area contributed by atoms with E-state index < -0.39 is 0 Å². The van der Waals surface area contributed by atoms with E-state index in [0.717, 1.165) is 57.8 Å². The normalized spacial score (nSPS) is 18.0. The van der Waals surface area contributed by atoms with E-state index in [1.54, 1.807) is 0 Å². The summed E-state index contributed by atoms with van der Waals surface area (Å²) >= 11 is 0. The summed E-state index contributed by atoms with van der Waals surface area (Å²) in [5.41, 5.74) is 0. The standard InChI is InChI=1S/C46H81NO2/c1-5-7-9-11-13-15-17-19-21-23-25-27-29-31-33-35-39-43(49-46(48)44-41-37-38-42-45(44)47(3)4)40-36-34-32-30-28-26-24-22-20-18-16-14-12-10-8-6-2/h7,9,13-16,19-22,43-45H,5-6,8,10-12,17-18,23-42H2,1-4H3/b9-7-,15-13-,16-14-,21-19-,22-20-. The van der Waals surface area contributed by atoms with Crippen molar-refractivity contribution in [2.75, 3.05) is 14.1 Å². The minimum Gasteiger partial charge on any atom is -0.462 e. The van der Waals surface area contributed by atoms with Crippen molar-refractivity contribution in [2.24, 2.45) is 5.92 Å². The first kappa shape index (κ1) is 45.2. The van der Waals surface area contributed by atoms with Gasteiger partial charge in [0.1, 0.15) is 6.10 Å². The lowest BCUT2D eigenvalue weighted by Crippen LogP contribution is -2.43. The predicted molar refractivity (Wildman–Crippen MR) is 217 cm³/mol. The quantitative estimate of drug-likeness (QED) is 0.0403. The van der Waals surface area contributed by atoms with E-state index in [4.69, 9.17) is 4.74 Å². The van der Waals surface area contributed by atoms with Crippen molar-refractivity contribution in [3.05, 3.63) is 60.8 Å². The number of hydrogen-bond acceptors (Lipinski definition) is 3. The highest BCUT2D eigenvalue weighted by Gasteiger charge is 2.34. The molecule has 0 aromatic heterocycles. The Hall–Kier alpha value is -1.87. The third-order valence-corrected chi connectivity index (χ3v) is 10.1. The Morgan fingerprint density at radius 1 is 0.571 bits per heavy atom. The fourth-order valence-corrected chi connectivity index (χ4v) is 7.05. The van der Waals surface area contributed by atoms with Gasteiger partial charge in [-0.15, -0.1) is 0 Å². The fourth-order valence-electron chi connectivity index (χ4n) is 7.05. The molecule has 3 unspecified atom stereocenters. The Labute approximate surface area is 306 Å². The zero-order valence-electron chi connectivity index (χ0n) is 33.1. The van der Waals surface area contributed by atoms with Gasteiger partial charge in [-0.1, -0.05) is 152 Å². The highest BCUT2D eigenvalue weighted by atomic mass is 16.5. The van der Waals surface area contributed by atoms with Crippen LogP contribution in [0.3, 0.4) is 0 Å². The second-order valence-electron chi connectivity index (χ2n) is 14.8. The molecule has 1 aliphatic rings. The van der Waals surface area contributed by atoms with Crippen LogP contribution < -0.4 is 0 Å². The van der Waals surface area contributed by atoms with Gasteiger partial charge >= 0.3 is 5.97 Å². The molecule has 1 rings (SSSR count). The van der Waals surface area contributed by atoms with Crippen LogP contribution in [-0.2, 0) is 9.53 Å². The predicted octanol–water partition coefficient (Wildman–Crippen LogP) is 14.2. The Balaban J connectivity index is 2.28. The van der Waals surface area contributed by atoms with Crippen molar-refractivity contribution in [3.63, 3.8) is 0 Å². The van der Waals surface area contributed by atoms with Crippen LogP contribution in [0.2, 0.25) is 0 Å². The van der Waals surface area contributed by atoms with Crippen LogP contribution in [0.25, 0.3) is 0 Å². The van der Waals surface area contributed by atoms with Gasteiger partial charge in [0.25, 0.3) is 0 Å². The Morgan fingerprint density at radius 3 is 1.49 bits per heavy atom. The molecule has 3 nitrogen and oxygen atoms in total. The van der Waals surface area contributed by atoms with Crippen molar-refractivity contribution in [1.29, 1.82) is 0 Å². The van der Waals surface area contributed by atoms with Crippen LogP contribution >= 0.6 is 0 Å². The van der Waals surface area contributed by atoms with Gasteiger partial charge in [0.2, 0.25) is 0 Å². The summed E-state index contributed by atoms with van der Waals surface area (Å²) in [5, 5.41) is 0. The van der Waals surface area contributed by atoms with E-state index in [9.17, 15) is 4.79 Å². The zero-order valence-corrected chi connectivity index (χ0v) is 33.1. The molecule has 0 aromatic rings. The van der Waals surface area contributed by atoms with Gasteiger partial charge in [-0.2, -0.15) is 0 Å². The number of rotatable bonds is 32. The second kappa shape index (κ2) is 34.6. The van der Waals surface area contributed by atoms with E-state index in [1.165, 1.54) is 122 Å².